The molecule has 5 heteroatoms. The third-order valence-electron chi connectivity index (χ3n) is 4.90. The number of hydrogen-bond acceptors (Lipinski definition) is 4. The summed E-state index contributed by atoms with van der Waals surface area (Å²) in [7, 11) is -2.15. The Morgan fingerprint density at radius 2 is 1.59 bits per heavy atom. The smallest absolute Gasteiger partial charge is 0.208 e. The van der Waals surface area contributed by atoms with E-state index < -0.39 is 9.84 Å². The van der Waals surface area contributed by atoms with Crippen LogP contribution in [0.4, 0.5) is 0 Å². The van der Waals surface area contributed by atoms with Gasteiger partial charge in [-0.25, -0.2) is 13.4 Å². The molecule has 1 heterocycles. The molecule has 0 atom stereocenters. The Bertz CT molecular complexity index is 1310. The lowest BCUT2D eigenvalue weighted by atomic mass is 10.1. The predicted molar refractivity (Wildman–Crippen MR) is 115 cm³/mol. The Morgan fingerprint density at radius 1 is 0.828 bits per heavy atom. The number of fused-ring (bicyclic) bond motifs is 1. The number of nitrogens with zero attached hydrogens (tertiary/aromatic N) is 1. The first-order chi connectivity index (χ1) is 13.9. The van der Waals surface area contributed by atoms with Gasteiger partial charge in [0.15, 0.2) is 0 Å². The van der Waals surface area contributed by atoms with Crippen LogP contribution in [0.5, 0.6) is 5.75 Å². The highest BCUT2D eigenvalue weighted by Gasteiger charge is 2.24. The van der Waals surface area contributed by atoms with Crippen LogP contribution >= 0.6 is 0 Å². The van der Waals surface area contributed by atoms with Crippen molar-refractivity contribution in [3.05, 3.63) is 83.9 Å². The van der Waals surface area contributed by atoms with Crippen LogP contribution in [0.1, 0.15) is 11.1 Å². The van der Waals surface area contributed by atoms with Gasteiger partial charge in [0.25, 0.3) is 0 Å². The van der Waals surface area contributed by atoms with Gasteiger partial charge in [0.2, 0.25) is 9.84 Å². The van der Waals surface area contributed by atoms with E-state index in [4.69, 9.17) is 9.72 Å². The van der Waals surface area contributed by atoms with Crippen molar-refractivity contribution in [1.29, 1.82) is 0 Å². The number of aromatic nitrogens is 1. The average molecular weight is 404 g/mol. The van der Waals surface area contributed by atoms with Crippen LogP contribution in [0, 0.1) is 13.8 Å². The Hall–Kier alpha value is -3.18. The molecule has 0 spiro atoms. The van der Waals surface area contributed by atoms with Crippen LogP contribution in [0.2, 0.25) is 0 Å². The van der Waals surface area contributed by atoms with E-state index in [9.17, 15) is 8.42 Å². The fourth-order valence-electron chi connectivity index (χ4n) is 3.30. The molecule has 0 unspecified atom stereocenters. The van der Waals surface area contributed by atoms with Gasteiger partial charge < -0.3 is 4.74 Å². The van der Waals surface area contributed by atoms with Crippen molar-refractivity contribution in [1.82, 2.24) is 4.98 Å². The Morgan fingerprint density at radius 3 is 2.28 bits per heavy atom. The van der Waals surface area contributed by atoms with Gasteiger partial charge in [0.1, 0.15) is 5.75 Å². The molecule has 0 radical (unpaired) electrons. The summed E-state index contributed by atoms with van der Waals surface area (Å²) in [6.45, 7) is 3.90. The third kappa shape index (κ3) is 3.61. The van der Waals surface area contributed by atoms with Crippen molar-refractivity contribution in [2.24, 2.45) is 0 Å². The average Bonchev–Trinajstić information content (AvgIpc) is 2.72. The number of methoxy groups -OCH3 is 1. The van der Waals surface area contributed by atoms with E-state index in [1.165, 1.54) is 0 Å². The van der Waals surface area contributed by atoms with Crippen LogP contribution < -0.4 is 4.74 Å². The van der Waals surface area contributed by atoms with Gasteiger partial charge in [-0.15, -0.1) is 0 Å². The SMILES string of the molecule is COc1ccc2cc(S(=O)(=O)c3ccc(C)cc3)c(-c3cccc(C)c3)nc2c1. The molecule has 29 heavy (non-hydrogen) atoms. The minimum Gasteiger partial charge on any atom is -0.497 e. The summed E-state index contributed by atoms with van der Waals surface area (Å²) in [5, 5.41) is 0.743. The molecule has 0 N–H and O–H groups in total. The fourth-order valence-corrected chi connectivity index (χ4v) is 4.75. The number of hydrogen-bond donors (Lipinski definition) is 0. The summed E-state index contributed by atoms with van der Waals surface area (Å²) in [5.74, 6) is 0.675. The summed E-state index contributed by atoms with van der Waals surface area (Å²) in [4.78, 5) is 5.20. The minimum absolute atomic E-state index is 0.199. The second-order valence-corrected chi connectivity index (χ2v) is 9.00. The van der Waals surface area contributed by atoms with Gasteiger partial charge in [0, 0.05) is 17.0 Å². The van der Waals surface area contributed by atoms with Crippen molar-refractivity contribution < 1.29 is 13.2 Å². The number of pyridine rings is 1. The number of rotatable bonds is 4. The van der Waals surface area contributed by atoms with Crippen molar-refractivity contribution in [2.75, 3.05) is 7.11 Å². The Labute approximate surface area is 170 Å². The highest BCUT2D eigenvalue weighted by Crippen LogP contribution is 2.34. The summed E-state index contributed by atoms with van der Waals surface area (Å²) in [6, 6.07) is 21.8. The van der Waals surface area contributed by atoms with E-state index in [2.05, 4.69) is 0 Å². The van der Waals surface area contributed by atoms with Gasteiger partial charge in [0.05, 0.1) is 28.1 Å². The zero-order chi connectivity index (χ0) is 20.6. The number of sulfone groups is 1. The molecule has 0 aliphatic rings. The maximum Gasteiger partial charge on any atom is 0.208 e. The van der Waals surface area contributed by atoms with Crippen molar-refractivity contribution in [2.45, 2.75) is 23.6 Å². The van der Waals surface area contributed by atoms with Crippen LogP contribution in [0.3, 0.4) is 0 Å². The van der Waals surface area contributed by atoms with Crippen LogP contribution in [0.25, 0.3) is 22.2 Å². The first-order valence-electron chi connectivity index (χ1n) is 9.26. The highest BCUT2D eigenvalue weighted by molar-refractivity contribution is 7.91. The normalized spacial score (nSPS) is 11.6. The van der Waals surface area contributed by atoms with E-state index in [-0.39, 0.29) is 9.79 Å². The fraction of sp³-hybridized carbons (Fsp3) is 0.125. The number of aryl methyl sites for hydroxylation is 2. The van der Waals surface area contributed by atoms with Gasteiger partial charge in [-0.2, -0.15) is 0 Å². The van der Waals surface area contributed by atoms with E-state index in [0.29, 0.717) is 17.0 Å². The molecule has 4 nitrogen and oxygen atoms in total. The van der Waals surface area contributed by atoms with E-state index in [0.717, 1.165) is 22.1 Å². The molecule has 3 aromatic carbocycles. The topological polar surface area (TPSA) is 56.3 Å². The van der Waals surface area contributed by atoms with Crippen LogP contribution in [0.15, 0.2) is 82.6 Å². The molecule has 0 fully saturated rings. The molecule has 4 aromatic rings. The molecule has 0 saturated carbocycles. The summed E-state index contributed by atoms with van der Waals surface area (Å²) in [5.41, 5.74) is 3.93. The zero-order valence-corrected chi connectivity index (χ0v) is 17.3. The maximum atomic E-state index is 13.5. The Balaban J connectivity index is 2.03. The zero-order valence-electron chi connectivity index (χ0n) is 16.5. The second-order valence-electron chi connectivity index (χ2n) is 7.08. The number of ether oxygens (including phenoxy) is 1. The second kappa shape index (κ2) is 7.33. The Kier molecular flexibility index (Phi) is 4.84. The largest absolute Gasteiger partial charge is 0.497 e. The van der Waals surface area contributed by atoms with Gasteiger partial charge in [-0.3, -0.25) is 0 Å². The predicted octanol–water partition coefficient (Wildman–Crippen LogP) is 5.36. The van der Waals surface area contributed by atoms with Crippen LogP contribution in [-0.2, 0) is 9.84 Å². The highest BCUT2D eigenvalue weighted by atomic mass is 32.2. The van der Waals surface area contributed by atoms with Gasteiger partial charge >= 0.3 is 0 Å². The van der Waals surface area contributed by atoms with Crippen LogP contribution in [-0.4, -0.2) is 20.5 Å². The molecule has 146 valence electrons. The van der Waals surface area contributed by atoms with Gasteiger partial charge in [-0.05, 0) is 50.2 Å². The number of benzene rings is 3. The first-order valence-corrected chi connectivity index (χ1v) is 10.7. The molecular formula is C24H21NO3S. The molecule has 4 rings (SSSR count). The van der Waals surface area contributed by atoms with E-state index in [1.807, 2.05) is 50.2 Å². The molecule has 0 saturated heterocycles. The molecular weight excluding hydrogens is 382 g/mol. The molecule has 0 amide bonds. The lowest BCUT2D eigenvalue weighted by Gasteiger charge is -2.13. The summed E-state index contributed by atoms with van der Waals surface area (Å²) >= 11 is 0. The standard InChI is InChI=1S/C24H21NO3S/c1-16-7-11-21(12-8-16)29(26,27)23-14-18-9-10-20(28-3)15-22(18)25-24(23)19-6-4-5-17(2)13-19/h4-15H,1-3H3. The third-order valence-corrected chi connectivity index (χ3v) is 6.69. The van der Waals surface area contributed by atoms with Crippen molar-refractivity contribution in [3.63, 3.8) is 0 Å². The van der Waals surface area contributed by atoms with E-state index >= 15 is 0 Å². The van der Waals surface area contributed by atoms with Crippen molar-refractivity contribution >= 4 is 20.7 Å². The summed E-state index contributed by atoms with van der Waals surface area (Å²) < 4.78 is 32.4. The van der Waals surface area contributed by atoms with Gasteiger partial charge in [-0.1, -0.05) is 41.5 Å². The molecule has 0 bridgehead atoms. The summed E-state index contributed by atoms with van der Waals surface area (Å²) in [6.07, 6.45) is 0. The first kappa shape index (κ1) is 19.2. The van der Waals surface area contributed by atoms with Crippen molar-refractivity contribution in [3.8, 4) is 17.0 Å². The quantitative estimate of drug-likeness (QED) is 0.460. The molecule has 0 aliphatic carbocycles. The molecule has 1 aromatic heterocycles. The lowest BCUT2D eigenvalue weighted by Crippen LogP contribution is -2.06. The van der Waals surface area contributed by atoms with E-state index in [1.54, 1.807) is 43.5 Å². The maximum absolute atomic E-state index is 13.5. The molecule has 0 aliphatic heterocycles. The monoisotopic (exact) mass is 403 g/mol. The lowest BCUT2D eigenvalue weighted by molar-refractivity contribution is 0.415. The minimum atomic E-state index is -3.75.